The van der Waals surface area contributed by atoms with E-state index in [0.29, 0.717) is 17.9 Å². The predicted molar refractivity (Wildman–Crippen MR) is 77.0 cm³/mol. The Morgan fingerprint density at radius 2 is 2.05 bits per heavy atom. The highest BCUT2D eigenvalue weighted by atomic mass is 16.4. The second kappa shape index (κ2) is 5.69. The fraction of sp³-hybridized carbons (Fsp3) is 0.267. The highest BCUT2D eigenvalue weighted by Gasteiger charge is 2.15. The summed E-state index contributed by atoms with van der Waals surface area (Å²) >= 11 is 0. The predicted octanol–water partition coefficient (Wildman–Crippen LogP) is 2.71. The van der Waals surface area contributed by atoms with E-state index in [1.807, 2.05) is 19.9 Å². The van der Waals surface area contributed by atoms with E-state index in [-0.39, 0.29) is 5.56 Å². The Labute approximate surface area is 117 Å². The summed E-state index contributed by atoms with van der Waals surface area (Å²) in [6.07, 6.45) is 3.50. The molecule has 20 heavy (non-hydrogen) atoms. The fourth-order valence-electron chi connectivity index (χ4n) is 2.10. The van der Waals surface area contributed by atoms with Crippen LogP contribution in [0.25, 0.3) is 0 Å². The quantitative estimate of drug-likeness (QED) is 0.894. The van der Waals surface area contributed by atoms with Crippen LogP contribution >= 0.6 is 0 Å². The third kappa shape index (κ3) is 2.93. The molecule has 0 saturated carbocycles. The second-order valence-electron chi connectivity index (χ2n) is 4.77. The first kappa shape index (κ1) is 14.0. The molecule has 2 aromatic heterocycles. The van der Waals surface area contributed by atoms with Crippen molar-refractivity contribution >= 4 is 11.8 Å². The molecular formula is C15H17N3O2. The van der Waals surface area contributed by atoms with Crippen LogP contribution in [-0.2, 0) is 6.54 Å². The van der Waals surface area contributed by atoms with Crippen molar-refractivity contribution in [1.82, 2.24) is 9.97 Å². The maximum atomic E-state index is 11.3. The van der Waals surface area contributed by atoms with Gasteiger partial charge in [0.15, 0.2) is 0 Å². The number of aromatic nitrogens is 2. The van der Waals surface area contributed by atoms with Crippen LogP contribution in [0.5, 0.6) is 0 Å². The maximum absolute atomic E-state index is 11.3. The minimum absolute atomic E-state index is 0.220. The zero-order valence-electron chi connectivity index (χ0n) is 11.8. The van der Waals surface area contributed by atoms with Gasteiger partial charge in [0, 0.05) is 24.6 Å². The number of anilines is 1. The molecule has 0 saturated heterocycles. The molecule has 0 aromatic carbocycles. The maximum Gasteiger partial charge on any atom is 0.339 e. The molecule has 0 spiro atoms. The third-order valence-corrected chi connectivity index (χ3v) is 3.15. The molecule has 0 fully saturated rings. The van der Waals surface area contributed by atoms with Gasteiger partial charge in [-0.3, -0.25) is 4.98 Å². The first-order valence-electron chi connectivity index (χ1n) is 6.34. The Hall–Kier alpha value is -2.43. The number of rotatable bonds is 4. The molecule has 2 N–H and O–H groups in total. The summed E-state index contributed by atoms with van der Waals surface area (Å²) in [7, 11) is 0. The number of hydrogen-bond acceptors (Lipinski definition) is 4. The Morgan fingerprint density at radius 1 is 1.30 bits per heavy atom. The van der Waals surface area contributed by atoms with E-state index in [0.717, 1.165) is 16.8 Å². The lowest BCUT2D eigenvalue weighted by atomic mass is 10.1. The average Bonchev–Trinajstić information content (AvgIpc) is 2.36. The van der Waals surface area contributed by atoms with Crippen LogP contribution in [-0.4, -0.2) is 21.0 Å². The third-order valence-electron chi connectivity index (χ3n) is 3.15. The molecule has 2 heterocycles. The number of carboxylic acids is 1. The van der Waals surface area contributed by atoms with Crippen LogP contribution in [0.1, 0.15) is 32.7 Å². The number of aryl methyl sites for hydroxylation is 3. The lowest BCUT2D eigenvalue weighted by molar-refractivity contribution is 0.0697. The van der Waals surface area contributed by atoms with Gasteiger partial charge in [0.05, 0.1) is 0 Å². The van der Waals surface area contributed by atoms with Crippen LogP contribution in [0, 0.1) is 20.8 Å². The van der Waals surface area contributed by atoms with Gasteiger partial charge in [0.1, 0.15) is 11.4 Å². The van der Waals surface area contributed by atoms with Crippen LogP contribution in [0.4, 0.5) is 5.82 Å². The molecule has 0 atom stereocenters. The molecule has 5 nitrogen and oxygen atoms in total. The van der Waals surface area contributed by atoms with E-state index in [1.54, 1.807) is 25.4 Å². The van der Waals surface area contributed by atoms with Gasteiger partial charge in [-0.25, -0.2) is 9.78 Å². The normalized spacial score (nSPS) is 10.3. The van der Waals surface area contributed by atoms with Gasteiger partial charge >= 0.3 is 5.97 Å². The lowest BCUT2D eigenvalue weighted by Gasteiger charge is -2.12. The number of nitrogens with zero attached hydrogens (tertiary/aromatic N) is 2. The van der Waals surface area contributed by atoms with Crippen LogP contribution in [0.15, 0.2) is 24.5 Å². The van der Waals surface area contributed by atoms with Gasteiger partial charge in [-0.2, -0.15) is 0 Å². The van der Waals surface area contributed by atoms with E-state index >= 15 is 0 Å². The summed E-state index contributed by atoms with van der Waals surface area (Å²) in [6, 6.07) is 3.69. The molecule has 0 unspecified atom stereocenters. The van der Waals surface area contributed by atoms with Crippen molar-refractivity contribution in [2.75, 3.05) is 5.32 Å². The first-order chi connectivity index (χ1) is 9.49. The summed E-state index contributed by atoms with van der Waals surface area (Å²) in [6.45, 7) is 6.11. The topological polar surface area (TPSA) is 75.1 Å². The Bertz CT molecular complexity index is 654. The van der Waals surface area contributed by atoms with Crippen molar-refractivity contribution in [3.8, 4) is 0 Å². The minimum Gasteiger partial charge on any atom is -0.478 e. The van der Waals surface area contributed by atoms with Crippen molar-refractivity contribution in [2.45, 2.75) is 27.3 Å². The zero-order chi connectivity index (χ0) is 14.7. The van der Waals surface area contributed by atoms with Gasteiger partial charge in [-0.05, 0) is 49.6 Å². The number of nitrogens with one attached hydrogen (secondary N) is 1. The zero-order valence-corrected chi connectivity index (χ0v) is 11.8. The SMILES string of the molecule is Cc1cc(C)c(C(=O)O)c(NCc2cnccc2C)n1. The van der Waals surface area contributed by atoms with Gasteiger partial charge in [-0.15, -0.1) is 0 Å². The number of aromatic carboxylic acids is 1. The monoisotopic (exact) mass is 271 g/mol. The van der Waals surface area contributed by atoms with E-state index in [1.165, 1.54) is 0 Å². The lowest BCUT2D eigenvalue weighted by Crippen LogP contribution is -2.11. The largest absolute Gasteiger partial charge is 0.478 e. The fourth-order valence-corrected chi connectivity index (χ4v) is 2.10. The number of hydrogen-bond donors (Lipinski definition) is 2. The van der Waals surface area contributed by atoms with Gasteiger partial charge in [0.25, 0.3) is 0 Å². The second-order valence-corrected chi connectivity index (χ2v) is 4.77. The molecule has 2 rings (SSSR count). The van der Waals surface area contributed by atoms with Gasteiger partial charge in [0.2, 0.25) is 0 Å². The molecule has 0 radical (unpaired) electrons. The van der Waals surface area contributed by atoms with Crippen LogP contribution in [0.2, 0.25) is 0 Å². The van der Waals surface area contributed by atoms with Crippen molar-refractivity contribution in [2.24, 2.45) is 0 Å². The number of carbonyl (C=O) groups is 1. The van der Waals surface area contributed by atoms with E-state index < -0.39 is 5.97 Å². The smallest absolute Gasteiger partial charge is 0.339 e. The standard InChI is InChI=1S/C15H17N3O2/c1-9-4-5-16-7-12(9)8-17-14-13(15(19)20)10(2)6-11(3)18-14/h4-7H,8H2,1-3H3,(H,17,18)(H,19,20). The first-order valence-corrected chi connectivity index (χ1v) is 6.34. The van der Waals surface area contributed by atoms with Crippen molar-refractivity contribution in [1.29, 1.82) is 0 Å². The molecule has 104 valence electrons. The Morgan fingerprint density at radius 3 is 2.70 bits per heavy atom. The Balaban J connectivity index is 2.30. The van der Waals surface area contributed by atoms with E-state index in [2.05, 4.69) is 15.3 Å². The number of pyridine rings is 2. The van der Waals surface area contributed by atoms with Crippen molar-refractivity contribution < 1.29 is 9.90 Å². The minimum atomic E-state index is -0.972. The summed E-state index contributed by atoms with van der Waals surface area (Å²) in [5, 5.41) is 12.4. The van der Waals surface area contributed by atoms with Crippen LogP contribution in [0.3, 0.4) is 0 Å². The highest BCUT2D eigenvalue weighted by Crippen LogP contribution is 2.19. The molecule has 0 aliphatic rings. The summed E-state index contributed by atoms with van der Waals surface area (Å²) < 4.78 is 0. The molecule has 0 amide bonds. The van der Waals surface area contributed by atoms with Gasteiger partial charge < -0.3 is 10.4 Å². The molecular weight excluding hydrogens is 254 g/mol. The summed E-state index contributed by atoms with van der Waals surface area (Å²) in [4.78, 5) is 19.7. The number of carboxylic acid groups (broad SMARTS) is 1. The summed E-state index contributed by atoms with van der Waals surface area (Å²) in [5.74, 6) is -0.571. The molecule has 0 aliphatic heterocycles. The highest BCUT2D eigenvalue weighted by molar-refractivity contribution is 5.94. The molecule has 0 aliphatic carbocycles. The van der Waals surface area contributed by atoms with Crippen molar-refractivity contribution in [3.05, 3.63) is 52.5 Å². The van der Waals surface area contributed by atoms with E-state index in [4.69, 9.17) is 0 Å². The molecule has 0 bridgehead atoms. The molecule has 2 aromatic rings. The Kier molecular flexibility index (Phi) is 3.98. The van der Waals surface area contributed by atoms with E-state index in [9.17, 15) is 9.90 Å². The van der Waals surface area contributed by atoms with Crippen molar-refractivity contribution in [3.63, 3.8) is 0 Å². The van der Waals surface area contributed by atoms with Crippen LogP contribution < -0.4 is 5.32 Å². The van der Waals surface area contributed by atoms with Gasteiger partial charge in [-0.1, -0.05) is 0 Å². The molecule has 5 heteroatoms. The summed E-state index contributed by atoms with van der Waals surface area (Å²) in [5.41, 5.74) is 3.84. The average molecular weight is 271 g/mol.